The van der Waals surface area contributed by atoms with Crippen LogP contribution in [0.2, 0.25) is 0 Å². The van der Waals surface area contributed by atoms with E-state index in [-0.39, 0.29) is 17.5 Å². The van der Waals surface area contributed by atoms with E-state index in [4.69, 9.17) is 4.74 Å². The summed E-state index contributed by atoms with van der Waals surface area (Å²) in [4.78, 5) is 22.8. The molecular weight excluding hydrogens is 408 g/mol. The van der Waals surface area contributed by atoms with Gasteiger partial charge in [-0.3, -0.25) is 14.9 Å². The van der Waals surface area contributed by atoms with Crippen LogP contribution in [0.1, 0.15) is 31.2 Å². The molecule has 1 amide bonds. The normalized spacial score (nSPS) is 15.8. The summed E-state index contributed by atoms with van der Waals surface area (Å²) in [5.41, 5.74) is 3.60. The Bertz CT molecular complexity index is 1410. The number of hydrogen-bond acceptors (Lipinski definition) is 5. The van der Waals surface area contributed by atoms with Gasteiger partial charge in [-0.1, -0.05) is 24.3 Å². The number of carbonyl (C=O) groups excluding carboxylic acids is 1. The molecule has 1 aliphatic heterocycles. The third kappa shape index (κ3) is 3.08. The second-order valence-corrected chi connectivity index (χ2v) is 7.58. The average molecular weight is 428 g/mol. The molecule has 0 bridgehead atoms. The number of rotatable bonds is 4. The Balaban J connectivity index is 1.56. The summed E-state index contributed by atoms with van der Waals surface area (Å²) >= 11 is 0. The molecule has 0 radical (unpaired) electrons. The number of non-ortho nitro benzene ring substituents is 1. The predicted octanol–water partition coefficient (Wildman–Crippen LogP) is 4.96. The number of nitro benzene ring substituents is 1. The van der Waals surface area contributed by atoms with E-state index in [0.717, 1.165) is 33.9 Å². The zero-order valence-electron chi connectivity index (χ0n) is 17.6. The molecule has 5 rings (SSSR count). The molecule has 8 nitrogen and oxygen atoms in total. The number of benzene rings is 3. The van der Waals surface area contributed by atoms with Gasteiger partial charge in [-0.15, -0.1) is 5.10 Å². The van der Waals surface area contributed by atoms with Crippen LogP contribution in [0.3, 0.4) is 0 Å². The summed E-state index contributed by atoms with van der Waals surface area (Å²) in [6.07, 6.45) is -0.717. The molecule has 0 unspecified atom stereocenters. The van der Waals surface area contributed by atoms with Crippen LogP contribution in [0.4, 0.5) is 5.69 Å². The van der Waals surface area contributed by atoms with Gasteiger partial charge in [0, 0.05) is 58.5 Å². The first kappa shape index (κ1) is 19.7. The Hall–Kier alpha value is -4.20. The first-order valence-electron chi connectivity index (χ1n) is 10.3. The van der Waals surface area contributed by atoms with Gasteiger partial charge in [0.25, 0.3) is 5.69 Å². The van der Waals surface area contributed by atoms with Crippen LogP contribution in [0.5, 0.6) is 0 Å². The van der Waals surface area contributed by atoms with Crippen molar-refractivity contribution in [3.63, 3.8) is 0 Å². The molecule has 0 spiro atoms. The summed E-state index contributed by atoms with van der Waals surface area (Å²) in [6, 6.07) is 20.2. The lowest BCUT2D eigenvalue weighted by Crippen LogP contribution is -2.25. The average Bonchev–Trinajstić information content (AvgIpc) is 3.39. The van der Waals surface area contributed by atoms with Crippen LogP contribution in [0.15, 0.2) is 71.8 Å². The fourth-order valence-electron chi connectivity index (χ4n) is 4.19. The quantitative estimate of drug-likeness (QED) is 0.339. The summed E-state index contributed by atoms with van der Waals surface area (Å²) in [6.45, 7) is 4.39. The highest BCUT2D eigenvalue weighted by molar-refractivity contribution is 6.08. The predicted molar refractivity (Wildman–Crippen MR) is 121 cm³/mol. The summed E-state index contributed by atoms with van der Waals surface area (Å²) in [5, 5.41) is 18.8. The Morgan fingerprint density at radius 3 is 2.47 bits per heavy atom. The van der Waals surface area contributed by atoms with Crippen LogP contribution in [0.25, 0.3) is 21.8 Å². The van der Waals surface area contributed by atoms with Crippen LogP contribution >= 0.6 is 0 Å². The number of hydrazone groups is 1. The number of para-hydroxylation sites is 1. The molecule has 32 heavy (non-hydrogen) atoms. The number of hydrogen-bond donors (Lipinski definition) is 0. The van der Waals surface area contributed by atoms with Gasteiger partial charge in [-0.2, -0.15) is 5.01 Å². The van der Waals surface area contributed by atoms with E-state index in [2.05, 4.69) is 28.7 Å². The van der Waals surface area contributed by atoms with Gasteiger partial charge in [-0.25, -0.2) is 0 Å². The standard InChI is InChI=1S/C24H20N4O4/c1-3-26-21-7-5-4-6-19(21)20-14-17(10-13-22(20)26)24-27(15(2)29)25-23(32-24)16-8-11-18(12-9-16)28(30)31/h4-14,24H,3H2,1-2H3/t24-/m0/s1. The molecule has 0 aliphatic carbocycles. The lowest BCUT2D eigenvalue weighted by molar-refractivity contribution is -0.384. The molecule has 2 heterocycles. The topological polar surface area (TPSA) is 90.0 Å². The first-order valence-corrected chi connectivity index (χ1v) is 10.3. The van der Waals surface area contributed by atoms with E-state index in [0.29, 0.717) is 5.56 Å². The number of aromatic nitrogens is 1. The first-order chi connectivity index (χ1) is 15.5. The van der Waals surface area contributed by atoms with Gasteiger partial charge in [0.05, 0.1) is 4.92 Å². The number of carbonyl (C=O) groups is 1. The second-order valence-electron chi connectivity index (χ2n) is 7.58. The number of amides is 1. The van der Waals surface area contributed by atoms with Crippen molar-refractivity contribution < 1.29 is 14.5 Å². The SMILES string of the molecule is CCn1c2ccccc2c2cc([C@@H]3OC(c4ccc([N+](=O)[O-])cc4)=NN3C(C)=O)ccc21. The Kier molecular flexibility index (Phi) is 4.62. The van der Waals surface area contributed by atoms with Crippen molar-refractivity contribution in [3.8, 4) is 0 Å². The van der Waals surface area contributed by atoms with Crippen LogP contribution in [0, 0.1) is 10.1 Å². The molecule has 1 aliphatic rings. The van der Waals surface area contributed by atoms with Crippen molar-refractivity contribution in [1.82, 2.24) is 9.58 Å². The van der Waals surface area contributed by atoms with Gasteiger partial charge in [0.2, 0.25) is 18.0 Å². The lowest BCUT2D eigenvalue weighted by atomic mass is 10.1. The van der Waals surface area contributed by atoms with Crippen LogP contribution < -0.4 is 0 Å². The molecule has 160 valence electrons. The summed E-state index contributed by atoms with van der Waals surface area (Å²) in [5.74, 6) is -0.0147. The maximum atomic E-state index is 12.3. The maximum Gasteiger partial charge on any atom is 0.269 e. The molecule has 4 aromatic rings. The molecule has 8 heteroatoms. The number of aryl methyl sites for hydroxylation is 1. The van der Waals surface area contributed by atoms with Gasteiger partial charge in [-0.05, 0) is 37.3 Å². The third-order valence-corrected chi connectivity index (χ3v) is 5.69. The minimum absolute atomic E-state index is 0.0231. The lowest BCUT2D eigenvalue weighted by Gasteiger charge is -2.19. The highest BCUT2D eigenvalue weighted by Crippen LogP contribution is 2.35. The monoisotopic (exact) mass is 428 g/mol. The highest BCUT2D eigenvalue weighted by Gasteiger charge is 2.33. The number of nitro groups is 1. The van der Waals surface area contributed by atoms with Crippen molar-refractivity contribution in [3.05, 3.63) is 88.0 Å². The van der Waals surface area contributed by atoms with Crippen molar-refractivity contribution in [1.29, 1.82) is 0 Å². The van der Waals surface area contributed by atoms with Crippen molar-refractivity contribution in [2.24, 2.45) is 5.10 Å². The second kappa shape index (κ2) is 7.49. The Morgan fingerprint density at radius 2 is 1.78 bits per heavy atom. The van der Waals surface area contributed by atoms with E-state index < -0.39 is 11.2 Å². The van der Waals surface area contributed by atoms with Crippen LogP contribution in [-0.4, -0.2) is 26.3 Å². The van der Waals surface area contributed by atoms with E-state index in [1.165, 1.54) is 24.1 Å². The number of ether oxygens (including phenoxy) is 1. The molecule has 0 fully saturated rings. The van der Waals surface area contributed by atoms with Crippen molar-refractivity contribution >= 4 is 39.3 Å². The minimum atomic E-state index is -0.717. The Morgan fingerprint density at radius 1 is 1.06 bits per heavy atom. The Labute approximate surface area is 183 Å². The maximum absolute atomic E-state index is 12.3. The fourth-order valence-corrected chi connectivity index (χ4v) is 4.19. The van der Waals surface area contributed by atoms with Gasteiger partial charge in [0.1, 0.15) is 0 Å². The molecule has 0 saturated carbocycles. The molecule has 1 aromatic heterocycles. The molecule has 0 N–H and O–H groups in total. The van der Waals surface area contributed by atoms with Crippen molar-refractivity contribution in [2.75, 3.05) is 0 Å². The fraction of sp³-hybridized carbons (Fsp3) is 0.167. The molecular formula is C24H20N4O4. The van der Waals surface area contributed by atoms with E-state index in [1.54, 1.807) is 12.1 Å². The third-order valence-electron chi connectivity index (χ3n) is 5.69. The summed E-state index contributed by atoms with van der Waals surface area (Å²) in [7, 11) is 0. The van der Waals surface area contributed by atoms with Crippen LogP contribution in [-0.2, 0) is 16.1 Å². The molecule has 0 saturated heterocycles. The zero-order chi connectivity index (χ0) is 22.4. The zero-order valence-corrected chi connectivity index (χ0v) is 17.6. The largest absolute Gasteiger partial charge is 0.446 e. The smallest absolute Gasteiger partial charge is 0.269 e. The highest BCUT2D eigenvalue weighted by atomic mass is 16.6. The van der Waals surface area contributed by atoms with E-state index >= 15 is 0 Å². The van der Waals surface area contributed by atoms with E-state index in [9.17, 15) is 14.9 Å². The molecule has 3 aromatic carbocycles. The summed E-state index contributed by atoms with van der Waals surface area (Å²) < 4.78 is 8.34. The minimum Gasteiger partial charge on any atom is -0.446 e. The van der Waals surface area contributed by atoms with Gasteiger partial charge < -0.3 is 9.30 Å². The van der Waals surface area contributed by atoms with Gasteiger partial charge >= 0.3 is 0 Å². The number of nitrogens with zero attached hydrogens (tertiary/aromatic N) is 4. The number of fused-ring (bicyclic) bond motifs is 3. The van der Waals surface area contributed by atoms with E-state index in [1.807, 2.05) is 30.3 Å². The molecule has 1 atom stereocenters. The van der Waals surface area contributed by atoms with Gasteiger partial charge in [0.15, 0.2) is 0 Å². The van der Waals surface area contributed by atoms with Crippen molar-refractivity contribution in [2.45, 2.75) is 26.6 Å².